The van der Waals surface area contributed by atoms with Crippen molar-refractivity contribution >= 4 is 17.2 Å². The number of nitrogens with zero attached hydrogens (tertiary/aromatic N) is 1. The standard InChI is InChI=1S/C14H21NO4S/c1-14(2,3)20(16)15-9-11-12(18-5)7-10(17-4)8-13(11)19-6/h7-9H,1-6H3/b15-9+. The molecule has 0 amide bonds. The molecule has 0 aliphatic carbocycles. The van der Waals surface area contributed by atoms with Gasteiger partial charge in [-0.1, -0.05) is 0 Å². The topological polar surface area (TPSA) is 57.1 Å². The molecule has 1 aromatic carbocycles. The summed E-state index contributed by atoms with van der Waals surface area (Å²) >= 11 is 0. The maximum Gasteiger partial charge on any atom is 0.144 e. The van der Waals surface area contributed by atoms with Crippen LogP contribution in [0.15, 0.2) is 16.5 Å². The van der Waals surface area contributed by atoms with Crippen molar-refractivity contribution in [3.63, 3.8) is 0 Å². The van der Waals surface area contributed by atoms with E-state index in [0.29, 0.717) is 22.8 Å². The third kappa shape index (κ3) is 3.96. The first-order valence-electron chi connectivity index (χ1n) is 6.09. The number of methoxy groups -OCH3 is 3. The molecule has 0 spiro atoms. The zero-order chi connectivity index (χ0) is 15.3. The number of ether oxygens (including phenoxy) is 3. The van der Waals surface area contributed by atoms with Gasteiger partial charge in [-0.05, 0) is 20.8 Å². The molecule has 0 heterocycles. The molecule has 0 fully saturated rings. The van der Waals surface area contributed by atoms with Gasteiger partial charge in [0.2, 0.25) is 0 Å². The average molecular weight is 299 g/mol. The maximum atomic E-state index is 12.0. The van der Waals surface area contributed by atoms with Crippen LogP contribution in [0.2, 0.25) is 0 Å². The molecule has 0 bridgehead atoms. The zero-order valence-corrected chi connectivity index (χ0v) is 13.5. The summed E-state index contributed by atoms with van der Waals surface area (Å²) in [5, 5.41) is 0. The highest BCUT2D eigenvalue weighted by molar-refractivity contribution is 7.85. The average Bonchev–Trinajstić information content (AvgIpc) is 2.42. The Balaban J connectivity index is 3.23. The predicted octanol–water partition coefficient (Wildman–Crippen LogP) is 2.59. The quantitative estimate of drug-likeness (QED) is 0.784. The van der Waals surface area contributed by atoms with Crippen LogP contribution in [-0.2, 0) is 11.0 Å². The predicted molar refractivity (Wildman–Crippen MR) is 81.6 cm³/mol. The van der Waals surface area contributed by atoms with Crippen molar-refractivity contribution < 1.29 is 18.4 Å². The van der Waals surface area contributed by atoms with E-state index in [-0.39, 0.29) is 0 Å². The van der Waals surface area contributed by atoms with Crippen LogP contribution < -0.4 is 14.2 Å². The van der Waals surface area contributed by atoms with Gasteiger partial charge in [0.15, 0.2) is 0 Å². The van der Waals surface area contributed by atoms with Crippen LogP contribution >= 0.6 is 0 Å². The van der Waals surface area contributed by atoms with Gasteiger partial charge < -0.3 is 14.2 Å². The van der Waals surface area contributed by atoms with Crippen molar-refractivity contribution in [2.75, 3.05) is 21.3 Å². The van der Waals surface area contributed by atoms with Gasteiger partial charge in [-0.2, -0.15) is 4.40 Å². The van der Waals surface area contributed by atoms with E-state index < -0.39 is 15.7 Å². The third-order valence-corrected chi connectivity index (χ3v) is 3.90. The molecule has 0 aliphatic heterocycles. The monoisotopic (exact) mass is 299 g/mol. The van der Waals surface area contributed by atoms with Crippen molar-refractivity contribution in [1.29, 1.82) is 0 Å². The van der Waals surface area contributed by atoms with Crippen LogP contribution in [0.4, 0.5) is 0 Å². The summed E-state index contributed by atoms with van der Waals surface area (Å²) < 4.78 is 31.4. The lowest BCUT2D eigenvalue weighted by molar-refractivity contribution is 0.374. The summed E-state index contributed by atoms with van der Waals surface area (Å²) in [6.45, 7) is 5.59. The normalized spacial score (nSPS) is 13.3. The van der Waals surface area contributed by atoms with Crippen LogP contribution in [-0.4, -0.2) is 36.5 Å². The summed E-state index contributed by atoms with van der Waals surface area (Å²) in [4.78, 5) is 0. The Bertz CT molecular complexity index is 495. The van der Waals surface area contributed by atoms with Crippen molar-refractivity contribution in [3.05, 3.63) is 17.7 Å². The number of benzene rings is 1. The molecule has 0 aromatic heterocycles. The van der Waals surface area contributed by atoms with E-state index in [1.165, 1.54) is 6.21 Å². The van der Waals surface area contributed by atoms with Gasteiger partial charge in [-0.25, -0.2) is 4.21 Å². The lowest BCUT2D eigenvalue weighted by Gasteiger charge is -2.14. The Kier molecular flexibility index (Phi) is 5.56. The van der Waals surface area contributed by atoms with Gasteiger partial charge in [-0.15, -0.1) is 0 Å². The minimum atomic E-state index is -1.34. The van der Waals surface area contributed by atoms with E-state index >= 15 is 0 Å². The second-order valence-electron chi connectivity index (χ2n) is 5.04. The molecule has 5 nitrogen and oxygen atoms in total. The summed E-state index contributed by atoms with van der Waals surface area (Å²) in [7, 11) is 3.32. The Morgan fingerprint density at radius 1 is 1.05 bits per heavy atom. The highest BCUT2D eigenvalue weighted by atomic mass is 32.2. The lowest BCUT2D eigenvalue weighted by Crippen LogP contribution is -2.19. The first kappa shape index (κ1) is 16.5. The molecule has 6 heteroatoms. The van der Waals surface area contributed by atoms with Gasteiger partial charge >= 0.3 is 0 Å². The summed E-state index contributed by atoms with van der Waals surface area (Å²) in [6, 6.07) is 3.45. The zero-order valence-electron chi connectivity index (χ0n) is 12.7. The molecule has 1 unspecified atom stereocenters. The summed E-state index contributed by atoms with van der Waals surface area (Å²) in [6.07, 6.45) is 1.51. The summed E-state index contributed by atoms with van der Waals surface area (Å²) in [5.41, 5.74) is 0.633. The first-order valence-corrected chi connectivity index (χ1v) is 7.20. The van der Waals surface area contributed by atoms with Crippen LogP contribution in [0.1, 0.15) is 26.3 Å². The Morgan fingerprint density at radius 3 is 1.90 bits per heavy atom. The number of hydrogen-bond acceptors (Lipinski definition) is 4. The molecule has 112 valence electrons. The molecule has 20 heavy (non-hydrogen) atoms. The van der Waals surface area contributed by atoms with E-state index in [4.69, 9.17) is 14.2 Å². The van der Waals surface area contributed by atoms with E-state index in [2.05, 4.69) is 4.40 Å². The number of rotatable bonds is 5. The highest BCUT2D eigenvalue weighted by Gasteiger charge is 2.19. The molecule has 0 radical (unpaired) electrons. The lowest BCUT2D eigenvalue weighted by atomic mass is 10.2. The second kappa shape index (κ2) is 6.74. The smallest absolute Gasteiger partial charge is 0.144 e. The third-order valence-electron chi connectivity index (χ3n) is 2.55. The molecule has 1 atom stereocenters. The van der Waals surface area contributed by atoms with Crippen LogP contribution in [0, 0.1) is 0 Å². The molecule has 0 aliphatic rings. The molecule has 0 saturated heterocycles. The fourth-order valence-corrected chi connectivity index (χ4v) is 1.94. The number of hydrogen-bond donors (Lipinski definition) is 0. The van der Waals surface area contributed by atoms with Gasteiger partial charge in [0, 0.05) is 12.1 Å². The minimum Gasteiger partial charge on any atom is -0.496 e. The van der Waals surface area contributed by atoms with Crippen molar-refractivity contribution in [3.8, 4) is 17.2 Å². The SMILES string of the molecule is COc1cc(OC)c(/C=N/S(=O)C(C)(C)C)c(OC)c1. The Morgan fingerprint density at radius 2 is 1.55 bits per heavy atom. The molecular formula is C14H21NO4S. The molecule has 1 rings (SSSR count). The molecule has 0 saturated carbocycles. The highest BCUT2D eigenvalue weighted by Crippen LogP contribution is 2.32. The first-order chi connectivity index (χ1) is 9.33. The van der Waals surface area contributed by atoms with Crippen LogP contribution in [0.25, 0.3) is 0 Å². The van der Waals surface area contributed by atoms with Crippen molar-refractivity contribution in [2.45, 2.75) is 25.5 Å². The van der Waals surface area contributed by atoms with E-state index in [0.717, 1.165) is 0 Å². The van der Waals surface area contributed by atoms with E-state index in [1.807, 2.05) is 20.8 Å². The molecule has 0 N–H and O–H groups in total. The Labute approximate surface area is 122 Å². The van der Waals surface area contributed by atoms with Gasteiger partial charge in [0.1, 0.15) is 28.2 Å². The van der Waals surface area contributed by atoms with Crippen molar-refractivity contribution in [2.24, 2.45) is 4.40 Å². The molecular weight excluding hydrogens is 278 g/mol. The minimum absolute atomic E-state index is 0.413. The molecule has 1 aromatic rings. The maximum absolute atomic E-state index is 12.0. The summed E-state index contributed by atoms with van der Waals surface area (Å²) in [5.74, 6) is 1.72. The van der Waals surface area contributed by atoms with Crippen LogP contribution in [0.3, 0.4) is 0 Å². The Hall–Kier alpha value is -1.56. The van der Waals surface area contributed by atoms with Gasteiger partial charge in [0.05, 0.1) is 37.9 Å². The van der Waals surface area contributed by atoms with Crippen LogP contribution in [0.5, 0.6) is 17.2 Å². The van der Waals surface area contributed by atoms with E-state index in [1.54, 1.807) is 33.5 Å². The fraction of sp³-hybridized carbons (Fsp3) is 0.500. The van der Waals surface area contributed by atoms with Gasteiger partial charge in [0.25, 0.3) is 0 Å². The van der Waals surface area contributed by atoms with E-state index in [9.17, 15) is 4.21 Å². The fourth-order valence-electron chi connectivity index (χ4n) is 1.42. The second-order valence-corrected chi connectivity index (χ2v) is 6.98. The largest absolute Gasteiger partial charge is 0.496 e. The van der Waals surface area contributed by atoms with Crippen molar-refractivity contribution in [1.82, 2.24) is 0 Å². The van der Waals surface area contributed by atoms with Gasteiger partial charge in [-0.3, -0.25) is 0 Å².